The van der Waals surface area contributed by atoms with E-state index in [1.54, 1.807) is 31.2 Å². The van der Waals surface area contributed by atoms with E-state index in [1.165, 1.54) is 0 Å². The van der Waals surface area contributed by atoms with Crippen molar-refractivity contribution in [3.05, 3.63) is 24.3 Å². The van der Waals surface area contributed by atoms with Gasteiger partial charge in [0.25, 0.3) is 0 Å². The number of halogens is 3. The molecule has 0 aliphatic carbocycles. The van der Waals surface area contributed by atoms with Crippen molar-refractivity contribution in [1.29, 1.82) is 0 Å². The lowest BCUT2D eigenvalue weighted by Gasteiger charge is -2.16. The van der Waals surface area contributed by atoms with Crippen molar-refractivity contribution in [2.75, 3.05) is 10.6 Å². The molecule has 0 spiro atoms. The van der Waals surface area contributed by atoms with Gasteiger partial charge in [-0.3, -0.25) is 4.79 Å². The molecule has 0 saturated heterocycles. The summed E-state index contributed by atoms with van der Waals surface area (Å²) in [5, 5.41) is 5.87. The van der Waals surface area contributed by atoms with Gasteiger partial charge >= 0.3 is 6.18 Å². The fourth-order valence-electron chi connectivity index (χ4n) is 1.86. The van der Waals surface area contributed by atoms with Crippen molar-refractivity contribution >= 4 is 17.3 Å². The van der Waals surface area contributed by atoms with Crippen LogP contribution in [0, 0.1) is 0 Å². The summed E-state index contributed by atoms with van der Waals surface area (Å²) in [4.78, 5) is 11.2. The minimum Gasteiger partial charge on any atom is -0.383 e. The Morgan fingerprint density at radius 3 is 2.29 bits per heavy atom. The lowest BCUT2D eigenvalue weighted by atomic mass is 10.1. The van der Waals surface area contributed by atoms with Crippen molar-refractivity contribution in [2.24, 2.45) is 0 Å². The minimum absolute atomic E-state index is 0.0385. The molecule has 6 heteroatoms. The van der Waals surface area contributed by atoms with E-state index in [2.05, 4.69) is 10.6 Å². The third-order valence-corrected chi connectivity index (χ3v) is 3.00. The van der Waals surface area contributed by atoms with Crippen LogP contribution < -0.4 is 10.6 Å². The first-order chi connectivity index (χ1) is 9.80. The Bertz CT molecular complexity index is 443. The zero-order valence-corrected chi connectivity index (χ0v) is 12.3. The highest BCUT2D eigenvalue weighted by molar-refractivity contribution is 5.90. The predicted octanol–water partition coefficient (Wildman–Crippen LogP) is 4.57. The first-order valence-corrected chi connectivity index (χ1v) is 7.03. The van der Waals surface area contributed by atoms with Gasteiger partial charge in [-0.1, -0.05) is 6.92 Å². The molecule has 0 bridgehead atoms. The maximum Gasteiger partial charge on any atom is 0.389 e. The van der Waals surface area contributed by atoms with E-state index in [0.29, 0.717) is 18.5 Å². The van der Waals surface area contributed by atoms with Gasteiger partial charge < -0.3 is 10.6 Å². The van der Waals surface area contributed by atoms with Crippen LogP contribution in [0.1, 0.15) is 39.5 Å². The number of carbonyl (C=O) groups is 1. The van der Waals surface area contributed by atoms with Crippen molar-refractivity contribution in [3.63, 3.8) is 0 Å². The molecule has 1 unspecified atom stereocenters. The fourth-order valence-corrected chi connectivity index (χ4v) is 1.86. The number of amides is 1. The average Bonchev–Trinajstić information content (AvgIpc) is 2.39. The Kier molecular flexibility index (Phi) is 6.52. The maximum atomic E-state index is 12.1. The molecule has 0 heterocycles. The number of nitrogens with one attached hydrogen (secondary N) is 2. The molecule has 0 radical (unpaired) electrons. The van der Waals surface area contributed by atoms with Gasteiger partial charge in [-0.05, 0) is 44.0 Å². The number of hydrogen-bond donors (Lipinski definition) is 2. The van der Waals surface area contributed by atoms with Crippen LogP contribution in [0.2, 0.25) is 0 Å². The zero-order chi connectivity index (χ0) is 15.9. The first-order valence-electron chi connectivity index (χ1n) is 7.03. The predicted molar refractivity (Wildman–Crippen MR) is 78.4 cm³/mol. The van der Waals surface area contributed by atoms with Gasteiger partial charge in [0.05, 0.1) is 0 Å². The number of benzene rings is 1. The van der Waals surface area contributed by atoms with Gasteiger partial charge in [-0.2, -0.15) is 13.2 Å². The molecule has 1 atom stereocenters. The Balaban J connectivity index is 2.39. The average molecular weight is 302 g/mol. The highest BCUT2D eigenvalue weighted by atomic mass is 19.4. The largest absolute Gasteiger partial charge is 0.389 e. The second-order valence-electron chi connectivity index (χ2n) is 5.03. The third kappa shape index (κ3) is 7.58. The topological polar surface area (TPSA) is 41.1 Å². The zero-order valence-electron chi connectivity index (χ0n) is 12.3. The second kappa shape index (κ2) is 7.90. The van der Waals surface area contributed by atoms with E-state index >= 15 is 0 Å². The summed E-state index contributed by atoms with van der Waals surface area (Å²) in [5.74, 6) is -0.0590. The number of alkyl halides is 3. The van der Waals surface area contributed by atoms with Crippen LogP contribution in [0.25, 0.3) is 0 Å². The summed E-state index contributed by atoms with van der Waals surface area (Å²) in [6, 6.07) is 7.08. The van der Waals surface area contributed by atoms with Crippen molar-refractivity contribution in [3.8, 4) is 0 Å². The highest BCUT2D eigenvalue weighted by Gasteiger charge is 2.26. The molecule has 21 heavy (non-hydrogen) atoms. The van der Waals surface area contributed by atoms with Gasteiger partial charge in [0, 0.05) is 30.3 Å². The molecule has 1 amide bonds. The van der Waals surface area contributed by atoms with Crippen LogP contribution >= 0.6 is 0 Å². The van der Waals surface area contributed by atoms with Crippen LogP contribution in [-0.4, -0.2) is 18.1 Å². The molecule has 0 fully saturated rings. The Morgan fingerprint density at radius 2 is 1.76 bits per heavy atom. The van der Waals surface area contributed by atoms with Crippen molar-refractivity contribution in [1.82, 2.24) is 0 Å². The molecule has 1 rings (SSSR count). The van der Waals surface area contributed by atoms with Crippen LogP contribution in [0.15, 0.2) is 24.3 Å². The van der Waals surface area contributed by atoms with Gasteiger partial charge in [-0.15, -0.1) is 0 Å². The number of carbonyl (C=O) groups excluding carboxylic acids is 1. The number of anilines is 2. The number of hydrogen-bond acceptors (Lipinski definition) is 2. The van der Waals surface area contributed by atoms with E-state index in [-0.39, 0.29) is 18.4 Å². The standard InChI is InChI=1S/C15H21F3N2O/c1-3-14(21)20-13-8-6-12(7-9-13)19-11(2)5-4-10-15(16,17)18/h6-9,11,19H,3-5,10H2,1-2H3,(H,20,21). The molecule has 3 nitrogen and oxygen atoms in total. The molecule has 2 N–H and O–H groups in total. The van der Waals surface area contributed by atoms with Gasteiger partial charge in [0.2, 0.25) is 5.91 Å². The molecule has 0 aliphatic rings. The molecule has 1 aromatic carbocycles. The maximum absolute atomic E-state index is 12.1. The van der Waals surface area contributed by atoms with Crippen LogP contribution in [0.4, 0.5) is 24.5 Å². The molecule has 0 aliphatic heterocycles. The van der Waals surface area contributed by atoms with E-state index in [0.717, 1.165) is 5.69 Å². The quantitative estimate of drug-likeness (QED) is 0.774. The van der Waals surface area contributed by atoms with E-state index < -0.39 is 12.6 Å². The summed E-state index contributed by atoms with van der Waals surface area (Å²) in [6.07, 6.45) is -3.85. The molecular weight excluding hydrogens is 281 g/mol. The fraction of sp³-hybridized carbons (Fsp3) is 0.533. The van der Waals surface area contributed by atoms with Gasteiger partial charge in [0.1, 0.15) is 0 Å². The molecule has 0 saturated carbocycles. The summed E-state index contributed by atoms with van der Waals surface area (Å²) in [7, 11) is 0. The first kappa shape index (κ1) is 17.3. The Hall–Kier alpha value is -1.72. The molecule has 1 aromatic rings. The number of rotatable bonds is 7. The highest BCUT2D eigenvalue weighted by Crippen LogP contribution is 2.23. The van der Waals surface area contributed by atoms with Crippen LogP contribution in [0.3, 0.4) is 0 Å². The molecular formula is C15H21F3N2O. The Labute approximate surface area is 122 Å². The summed E-state index contributed by atoms with van der Waals surface area (Å²) >= 11 is 0. The summed E-state index contributed by atoms with van der Waals surface area (Å²) < 4.78 is 36.2. The van der Waals surface area contributed by atoms with Gasteiger partial charge in [0.15, 0.2) is 0 Å². The minimum atomic E-state index is -4.08. The second-order valence-corrected chi connectivity index (χ2v) is 5.03. The van der Waals surface area contributed by atoms with E-state index in [9.17, 15) is 18.0 Å². The smallest absolute Gasteiger partial charge is 0.383 e. The summed E-state index contributed by atoms with van der Waals surface area (Å²) in [5.41, 5.74) is 1.53. The molecule has 0 aromatic heterocycles. The lowest BCUT2D eigenvalue weighted by molar-refractivity contribution is -0.135. The Morgan fingerprint density at radius 1 is 1.19 bits per heavy atom. The van der Waals surface area contributed by atoms with E-state index in [4.69, 9.17) is 0 Å². The SMILES string of the molecule is CCC(=O)Nc1ccc(NC(C)CCCC(F)(F)F)cc1. The lowest BCUT2D eigenvalue weighted by Crippen LogP contribution is -2.16. The van der Waals surface area contributed by atoms with Crippen molar-refractivity contribution in [2.45, 2.75) is 51.7 Å². The van der Waals surface area contributed by atoms with E-state index in [1.807, 2.05) is 6.92 Å². The van der Waals surface area contributed by atoms with Crippen LogP contribution in [0.5, 0.6) is 0 Å². The monoisotopic (exact) mass is 302 g/mol. The van der Waals surface area contributed by atoms with Crippen LogP contribution in [-0.2, 0) is 4.79 Å². The molecule has 118 valence electrons. The normalized spacial score (nSPS) is 12.8. The van der Waals surface area contributed by atoms with Crippen molar-refractivity contribution < 1.29 is 18.0 Å². The van der Waals surface area contributed by atoms with Gasteiger partial charge in [-0.25, -0.2) is 0 Å². The summed E-state index contributed by atoms with van der Waals surface area (Å²) in [6.45, 7) is 3.62. The third-order valence-electron chi connectivity index (χ3n) is 3.00.